The van der Waals surface area contributed by atoms with E-state index in [1.165, 1.54) is 18.3 Å². The van der Waals surface area contributed by atoms with Gasteiger partial charge in [0.25, 0.3) is 0 Å². The summed E-state index contributed by atoms with van der Waals surface area (Å²) in [5.74, 6) is -0.685. The second-order valence-electron chi connectivity index (χ2n) is 6.72. The highest BCUT2D eigenvalue weighted by Crippen LogP contribution is 2.15. The summed E-state index contributed by atoms with van der Waals surface area (Å²) in [5.41, 5.74) is 4.52. The largest absolute Gasteiger partial charge is 0.497 e. The van der Waals surface area contributed by atoms with E-state index in [0.717, 1.165) is 11.1 Å². The molecule has 7 nitrogen and oxygen atoms in total. The summed E-state index contributed by atoms with van der Waals surface area (Å²) >= 11 is 0. The second kappa shape index (κ2) is 11.3. The predicted octanol–water partition coefficient (Wildman–Crippen LogP) is 3.18. The molecule has 2 N–H and O–H groups in total. The van der Waals surface area contributed by atoms with E-state index in [0.29, 0.717) is 17.1 Å². The van der Waals surface area contributed by atoms with Gasteiger partial charge >= 0.3 is 11.8 Å². The van der Waals surface area contributed by atoms with Gasteiger partial charge < -0.3 is 14.8 Å². The van der Waals surface area contributed by atoms with E-state index in [9.17, 15) is 14.0 Å². The number of halogens is 1. The van der Waals surface area contributed by atoms with E-state index < -0.39 is 11.8 Å². The highest BCUT2D eigenvalue weighted by molar-refractivity contribution is 6.35. The molecule has 2 amide bonds. The number of carbonyl (C=O) groups excluding carboxylic acids is 2. The number of carbonyl (C=O) groups is 2. The molecule has 0 saturated heterocycles. The molecular formula is C24H22FN3O4. The van der Waals surface area contributed by atoms with Crippen LogP contribution in [0.3, 0.4) is 0 Å². The van der Waals surface area contributed by atoms with Crippen LogP contribution in [0.2, 0.25) is 0 Å². The second-order valence-corrected chi connectivity index (χ2v) is 6.72. The van der Waals surface area contributed by atoms with E-state index in [4.69, 9.17) is 9.47 Å². The number of methoxy groups -OCH3 is 1. The summed E-state index contributed by atoms with van der Waals surface area (Å²) < 4.78 is 23.7. The van der Waals surface area contributed by atoms with Gasteiger partial charge in [0.2, 0.25) is 0 Å². The standard InChI is InChI=1S/C24H22FN3O4/c1-31-21-11-7-17(8-12-21)14-26-23(29)24(30)28-27-15-19-3-2-4-22(13-19)32-16-18-5-9-20(25)10-6-18/h2-13,15H,14,16H2,1H3,(H,26,29)(H,28,30)/b27-15-. The molecular weight excluding hydrogens is 413 g/mol. The maximum Gasteiger partial charge on any atom is 0.329 e. The Kier molecular flexibility index (Phi) is 7.91. The first-order valence-electron chi connectivity index (χ1n) is 9.75. The van der Waals surface area contributed by atoms with Crippen molar-refractivity contribution in [1.29, 1.82) is 0 Å². The molecule has 0 heterocycles. The molecule has 0 aliphatic heterocycles. The maximum atomic E-state index is 13.0. The van der Waals surface area contributed by atoms with Crippen LogP contribution in [-0.4, -0.2) is 25.1 Å². The Hall–Kier alpha value is -4.20. The summed E-state index contributed by atoms with van der Waals surface area (Å²) in [6, 6.07) is 20.2. The van der Waals surface area contributed by atoms with E-state index in [2.05, 4.69) is 15.8 Å². The van der Waals surface area contributed by atoms with Gasteiger partial charge in [-0.25, -0.2) is 9.82 Å². The van der Waals surface area contributed by atoms with Crippen LogP contribution in [-0.2, 0) is 22.7 Å². The van der Waals surface area contributed by atoms with Crippen molar-refractivity contribution in [3.05, 3.63) is 95.3 Å². The molecule has 0 radical (unpaired) electrons. The Morgan fingerprint density at radius 2 is 1.66 bits per heavy atom. The van der Waals surface area contributed by atoms with Gasteiger partial charge in [0.1, 0.15) is 23.9 Å². The highest BCUT2D eigenvalue weighted by atomic mass is 19.1. The van der Waals surface area contributed by atoms with Crippen LogP contribution in [0, 0.1) is 5.82 Å². The summed E-state index contributed by atoms with van der Waals surface area (Å²) in [5, 5.41) is 6.33. The Labute approximate surface area is 184 Å². The molecule has 0 atom stereocenters. The van der Waals surface area contributed by atoms with Gasteiger partial charge in [0.15, 0.2) is 0 Å². The lowest BCUT2D eigenvalue weighted by atomic mass is 10.2. The summed E-state index contributed by atoms with van der Waals surface area (Å²) in [6.45, 7) is 0.485. The van der Waals surface area contributed by atoms with Crippen molar-refractivity contribution < 1.29 is 23.5 Å². The van der Waals surface area contributed by atoms with Crippen molar-refractivity contribution in [3.63, 3.8) is 0 Å². The molecule has 0 saturated carbocycles. The number of rotatable bonds is 8. The number of hydrogen-bond acceptors (Lipinski definition) is 5. The fraction of sp³-hybridized carbons (Fsp3) is 0.125. The van der Waals surface area contributed by atoms with Crippen molar-refractivity contribution in [2.24, 2.45) is 5.10 Å². The number of benzene rings is 3. The minimum Gasteiger partial charge on any atom is -0.497 e. The SMILES string of the molecule is COc1ccc(CNC(=O)C(=O)N/N=C\c2cccc(OCc3ccc(F)cc3)c2)cc1. The molecule has 0 unspecified atom stereocenters. The zero-order valence-corrected chi connectivity index (χ0v) is 17.4. The molecule has 164 valence electrons. The van der Waals surface area contributed by atoms with Gasteiger partial charge in [-0.2, -0.15) is 5.10 Å². The highest BCUT2D eigenvalue weighted by Gasteiger charge is 2.12. The third-order valence-electron chi connectivity index (χ3n) is 4.37. The lowest BCUT2D eigenvalue weighted by molar-refractivity contribution is -0.139. The molecule has 3 rings (SSSR count). The molecule has 0 fully saturated rings. The zero-order chi connectivity index (χ0) is 22.8. The third kappa shape index (κ3) is 6.94. The van der Waals surface area contributed by atoms with Crippen molar-refractivity contribution in [2.45, 2.75) is 13.2 Å². The quantitative estimate of drug-likeness (QED) is 0.323. The van der Waals surface area contributed by atoms with Crippen molar-refractivity contribution in [2.75, 3.05) is 7.11 Å². The number of hydrazone groups is 1. The van der Waals surface area contributed by atoms with Gasteiger partial charge in [0.05, 0.1) is 13.3 Å². The molecule has 0 aliphatic rings. The summed E-state index contributed by atoms with van der Waals surface area (Å²) in [6.07, 6.45) is 1.40. The van der Waals surface area contributed by atoms with Crippen molar-refractivity contribution >= 4 is 18.0 Å². The molecule has 0 bridgehead atoms. The monoisotopic (exact) mass is 435 g/mol. The average molecular weight is 435 g/mol. The predicted molar refractivity (Wildman–Crippen MR) is 118 cm³/mol. The van der Waals surface area contributed by atoms with E-state index >= 15 is 0 Å². The topological polar surface area (TPSA) is 89.0 Å². The molecule has 3 aromatic rings. The number of ether oxygens (including phenoxy) is 2. The van der Waals surface area contributed by atoms with Crippen molar-refractivity contribution in [3.8, 4) is 11.5 Å². The number of hydrogen-bond donors (Lipinski definition) is 2. The Morgan fingerprint density at radius 3 is 2.38 bits per heavy atom. The lowest BCUT2D eigenvalue weighted by Crippen LogP contribution is -2.37. The number of nitrogens with zero attached hydrogens (tertiary/aromatic N) is 1. The van der Waals surface area contributed by atoms with Crippen LogP contribution >= 0.6 is 0 Å². The van der Waals surface area contributed by atoms with Gasteiger partial charge in [0, 0.05) is 6.54 Å². The Morgan fingerprint density at radius 1 is 0.938 bits per heavy atom. The number of nitrogens with one attached hydrogen (secondary N) is 2. The minimum absolute atomic E-state index is 0.202. The first-order valence-corrected chi connectivity index (χ1v) is 9.75. The van der Waals surface area contributed by atoms with Crippen molar-refractivity contribution in [1.82, 2.24) is 10.7 Å². The number of amides is 2. The smallest absolute Gasteiger partial charge is 0.329 e. The summed E-state index contributed by atoms with van der Waals surface area (Å²) in [4.78, 5) is 23.8. The molecule has 8 heteroatoms. The summed E-state index contributed by atoms with van der Waals surface area (Å²) in [7, 11) is 1.57. The van der Waals surface area contributed by atoms with Gasteiger partial charge in [-0.3, -0.25) is 9.59 Å². The van der Waals surface area contributed by atoms with Crippen LogP contribution in [0.1, 0.15) is 16.7 Å². The first kappa shape index (κ1) is 22.5. The van der Waals surface area contributed by atoms with E-state index in [1.807, 2.05) is 0 Å². The zero-order valence-electron chi connectivity index (χ0n) is 17.4. The Balaban J connectivity index is 1.45. The van der Waals surface area contributed by atoms with Crippen LogP contribution in [0.25, 0.3) is 0 Å². The average Bonchev–Trinajstić information content (AvgIpc) is 2.82. The van der Waals surface area contributed by atoms with Crippen LogP contribution in [0.15, 0.2) is 77.9 Å². The molecule has 0 aromatic heterocycles. The molecule has 0 spiro atoms. The first-order chi connectivity index (χ1) is 15.5. The Bertz CT molecular complexity index is 1080. The maximum absolute atomic E-state index is 13.0. The normalized spacial score (nSPS) is 10.6. The lowest BCUT2D eigenvalue weighted by Gasteiger charge is -2.07. The fourth-order valence-electron chi connectivity index (χ4n) is 2.65. The van der Waals surface area contributed by atoms with Gasteiger partial charge in [-0.1, -0.05) is 36.4 Å². The van der Waals surface area contributed by atoms with Crippen LogP contribution < -0.4 is 20.2 Å². The van der Waals surface area contributed by atoms with Crippen LogP contribution in [0.4, 0.5) is 4.39 Å². The van der Waals surface area contributed by atoms with Crippen LogP contribution in [0.5, 0.6) is 11.5 Å². The van der Waals surface area contributed by atoms with E-state index in [1.54, 1.807) is 67.8 Å². The molecule has 3 aromatic carbocycles. The van der Waals surface area contributed by atoms with Gasteiger partial charge in [-0.15, -0.1) is 0 Å². The van der Waals surface area contributed by atoms with E-state index in [-0.39, 0.29) is 19.0 Å². The molecule has 32 heavy (non-hydrogen) atoms. The van der Waals surface area contributed by atoms with Gasteiger partial charge in [-0.05, 0) is 53.1 Å². The minimum atomic E-state index is -0.876. The fourth-order valence-corrected chi connectivity index (χ4v) is 2.65. The molecule has 0 aliphatic carbocycles. The third-order valence-corrected chi connectivity index (χ3v) is 4.37.